The number of carboxylic acids is 1. The first-order valence-electron chi connectivity index (χ1n) is 16.6. The second kappa shape index (κ2) is 12.9. The number of aliphatic carboxylic acids is 1. The molecule has 0 amide bonds. The smallest absolute Gasteiger partial charge is 0.303 e. The summed E-state index contributed by atoms with van der Waals surface area (Å²) in [5.41, 5.74) is 4.30. The number of pyridine rings is 1. The highest BCUT2D eigenvalue weighted by atomic mass is 32.2. The van der Waals surface area contributed by atoms with Gasteiger partial charge in [-0.25, -0.2) is 18.7 Å². The molecule has 0 unspecified atom stereocenters. The monoisotopic (exact) mass is 678 g/mol. The first kappa shape index (κ1) is 32.7. The van der Waals surface area contributed by atoms with Gasteiger partial charge in [0.25, 0.3) is 0 Å². The number of halogens is 1. The molecule has 7 rings (SSSR count). The molecule has 2 aromatic carbocycles. The van der Waals surface area contributed by atoms with E-state index in [0.29, 0.717) is 35.2 Å². The molecule has 252 valence electrons. The molecule has 49 heavy (non-hydrogen) atoms. The summed E-state index contributed by atoms with van der Waals surface area (Å²) < 4.78 is 19.5. The van der Waals surface area contributed by atoms with Crippen molar-refractivity contribution in [3.63, 3.8) is 0 Å². The van der Waals surface area contributed by atoms with Crippen molar-refractivity contribution in [2.45, 2.75) is 86.5 Å². The molecule has 0 saturated carbocycles. The SMILES string of the molecule is Cn1nc2nc1-c1cc(ccn1)Sc1c(F)cc3[nH]ccc3c1Cn1cc(nn1)C(C)(C)CCCC[C@]2(C)c1cccc(CCC(=O)O)c1. The maximum Gasteiger partial charge on any atom is 0.303 e. The van der Waals surface area contributed by atoms with Gasteiger partial charge in [0.2, 0.25) is 0 Å². The molecule has 0 fully saturated rings. The number of nitrogens with one attached hydrogen (secondary N) is 1. The lowest BCUT2D eigenvalue weighted by Gasteiger charge is -2.29. The largest absolute Gasteiger partial charge is 0.481 e. The predicted octanol–water partition coefficient (Wildman–Crippen LogP) is 7.46. The number of hydrogen-bond acceptors (Lipinski definition) is 7. The van der Waals surface area contributed by atoms with Crippen LogP contribution in [-0.2, 0) is 35.6 Å². The normalized spacial score (nSPS) is 18.0. The first-order chi connectivity index (χ1) is 23.5. The van der Waals surface area contributed by atoms with Crippen LogP contribution in [0.15, 0.2) is 76.9 Å². The lowest BCUT2D eigenvalue weighted by molar-refractivity contribution is -0.136. The van der Waals surface area contributed by atoms with Gasteiger partial charge in [-0.2, -0.15) is 5.10 Å². The molecule has 10 nitrogen and oxygen atoms in total. The number of carboxylic acid groups (broad SMARTS) is 1. The van der Waals surface area contributed by atoms with E-state index in [1.54, 1.807) is 16.9 Å². The molecule has 0 saturated heterocycles. The molecular formula is C37H39FN8O2S. The summed E-state index contributed by atoms with van der Waals surface area (Å²) in [5, 5.41) is 24.3. The van der Waals surface area contributed by atoms with E-state index in [1.165, 1.54) is 11.8 Å². The van der Waals surface area contributed by atoms with E-state index in [9.17, 15) is 9.90 Å². The van der Waals surface area contributed by atoms with Gasteiger partial charge >= 0.3 is 5.97 Å². The summed E-state index contributed by atoms with van der Waals surface area (Å²) in [4.78, 5) is 25.6. The predicted molar refractivity (Wildman–Crippen MR) is 186 cm³/mol. The summed E-state index contributed by atoms with van der Waals surface area (Å²) in [6, 6.07) is 15.5. The minimum absolute atomic E-state index is 0.0658. The number of H-pyrrole nitrogens is 1. The lowest BCUT2D eigenvalue weighted by atomic mass is 9.75. The molecule has 2 N–H and O–H groups in total. The maximum absolute atomic E-state index is 15.9. The Labute approximate surface area is 288 Å². The van der Waals surface area contributed by atoms with E-state index in [0.717, 1.165) is 63.9 Å². The number of fused-ring (bicyclic) bond motifs is 10. The van der Waals surface area contributed by atoms with Crippen LogP contribution in [0.2, 0.25) is 0 Å². The second-order valence-corrected chi connectivity index (χ2v) is 14.9. The van der Waals surface area contributed by atoms with Gasteiger partial charge in [0, 0.05) is 53.3 Å². The van der Waals surface area contributed by atoms with Crippen LogP contribution in [0.3, 0.4) is 0 Å². The Bertz CT molecular complexity index is 2170. The van der Waals surface area contributed by atoms with Gasteiger partial charge in [-0.1, -0.05) is 67.9 Å². The van der Waals surface area contributed by atoms with Crippen LogP contribution < -0.4 is 0 Å². The molecule has 0 radical (unpaired) electrons. The summed E-state index contributed by atoms with van der Waals surface area (Å²) in [7, 11) is 1.87. The first-order valence-corrected chi connectivity index (χ1v) is 17.4. The molecule has 1 atom stereocenters. The average Bonchev–Trinajstić information content (AvgIpc) is 3.84. The Morgan fingerprint density at radius 3 is 2.78 bits per heavy atom. The average molecular weight is 679 g/mol. The van der Waals surface area contributed by atoms with Crippen molar-refractivity contribution >= 4 is 28.6 Å². The zero-order chi connectivity index (χ0) is 34.3. The summed E-state index contributed by atoms with van der Waals surface area (Å²) in [6.07, 6.45) is 9.57. The second-order valence-electron chi connectivity index (χ2n) is 13.8. The summed E-state index contributed by atoms with van der Waals surface area (Å²) in [5.74, 6) is 0.147. The standard InChI is InChI=1S/C37H39FN8O2S/c1-36(2)14-5-6-15-37(3,24-9-7-8-23(18-24)10-11-32(47)48)35-41-34(45(4)43-35)30-19-25(12-16-40-30)49-33-27(21-46-22-31(36)42-44-46)26-13-17-39-29(26)20-28(33)38/h7-9,12-13,16-20,22,39H,5-6,10-11,14-15,21H2,1-4H3,(H,47,48)/t37-/m1/s1. The van der Waals surface area contributed by atoms with Crippen LogP contribution in [0.5, 0.6) is 0 Å². The fourth-order valence-corrected chi connectivity index (χ4v) is 7.76. The number of aryl methyl sites for hydroxylation is 2. The van der Waals surface area contributed by atoms with Crippen molar-refractivity contribution in [2.24, 2.45) is 7.05 Å². The molecule has 6 bridgehead atoms. The number of aromatic nitrogens is 8. The van der Waals surface area contributed by atoms with Gasteiger partial charge in [0.05, 0.1) is 22.5 Å². The number of rotatable bonds is 4. The number of nitrogens with zero attached hydrogens (tertiary/aromatic N) is 7. The van der Waals surface area contributed by atoms with Gasteiger partial charge in [0.1, 0.15) is 11.5 Å². The van der Waals surface area contributed by atoms with Gasteiger partial charge in [-0.3, -0.25) is 9.78 Å². The third-order valence-corrected chi connectivity index (χ3v) is 10.9. The van der Waals surface area contributed by atoms with Crippen molar-refractivity contribution < 1.29 is 14.3 Å². The zero-order valence-electron chi connectivity index (χ0n) is 28.1. The minimum atomic E-state index is -0.820. The fourth-order valence-electron chi connectivity index (χ4n) is 6.77. The molecule has 5 heterocycles. The third-order valence-electron chi connectivity index (χ3n) is 9.78. The van der Waals surface area contributed by atoms with Crippen molar-refractivity contribution in [1.29, 1.82) is 0 Å². The number of hydrogen-bond donors (Lipinski definition) is 2. The highest BCUT2D eigenvalue weighted by Gasteiger charge is 2.35. The van der Waals surface area contributed by atoms with Crippen LogP contribution >= 0.6 is 11.8 Å². The van der Waals surface area contributed by atoms with Crippen LogP contribution in [0, 0.1) is 5.82 Å². The van der Waals surface area contributed by atoms with Crippen LogP contribution in [0.25, 0.3) is 22.4 Å². The van der Waals surface area contributed by atoms with Gasteiger partial charge in [-0.05, 0) is 67.1 Å². The molecular weight excluding hydrogens is 640 g/mol. The molecule has 12 heteroatoms. The molecule has 4 aromatic heterocycles. The van der Waals surface area contributed by atoms with Crippen LogP contribution in [0.1, 0.15) is 81.1 Å². The quantitative estimate of drug-likeness (QED) is 0.197. The maximum atomic E-state index is 15.9. The molecule has 1 aliphatic heterocycles. The Morgan fingerprint density at radius 2 is 1.94 bits per heavy atom. The molecule has 0 aliphatic carbocycles. The molecule has 0 spiro atoms. The topological polar surface area (TPSA) is 127 Å². The van der Waals surface area contributed by atoms with Crippen molar-refractivity contribution in [2.75, 3.05) is 0 Å². The van der Waals surface area contributed by atoms with E-state index < -0.39 is 11.4 Å². The Balaban J connectivity index is 1.34. The van der Waals surface area contributed by atoms with Crippen molar-refractivity contribution in [1.82, 2.24) is 39.7 Å². The van der Waals surface area contributed by atoms with E-state index in [2.05, 4.69) is 53.2 Å². The lowest BCUT2D eigenvalue weighted by Crippen LogP contribution is -2.26. The summed E-state index contributed by atoms with van der Waals surface area (Å²) in [6.45, 7) is 6.92. The number of carbonyl (C=O) groups is 1. The van der Waals surface area contributed by atoms with Gasteiger partial charge < -0.3 is 10.1 Å². The molecule has 1 aliphatic rings. The van der Waals surface area contributed by atoms with E-state index in [4.69, 9.17) is 10.1 Å². The Kier molecular flexibility index (Phi) is 8.60. The zero-order valence-corrected chi connectivity index (χ0v) is 28.9. The van der Waals surface area contributed by atoms with Gasteiger partial charge in [-0.15, -0.1) is 5.10 Å². The van der Waals surface area contributed by atoms with E-state index in [1.807, 2.05) is 54.5 Å². The Hall–Kier alpha value is -4.84. The number of benzene rings is 2. The van der Waals surface area contributed by atoms with E-state index in [-0.39, 0.29) is 17.7 Å². The molecule has 6 aromatic rings. The fraction of sp³-hybridized carbons (Fsp3) is 0.351. The van der Waals surface area contributed by atoms with Gasteiger partial charge in [0.15, 0.2) is 11.6 Å². The highest BCUT2D eigenvalue weighted by molar-refractivity contribution is 7.99. The highest BCUT2D eigenvalue weighted by Crippen LogP contribution is 2.40. The van der Waals surface area contributed by atoms with E-state index >= 15 is 4.39 Å². The number of aromatic amines is 1. The van der Waals surface area contributed by atoms with Crippen molar-refractivity contribution in [3.05, 3.63) is 101 Å². The van der Waals surface area contributed by atoms with Crippen LogP contribution in [0.4, 0.5) is 4.39 Å². The van der Waals surface area contributed by atoms with Crippen LogP contribution in [-0.4, -0.2) is 50.8 Å². The minimum Gasteiger partial charge on any atom is -0.481 e. The Morgan fingerprint density at radius 1 is 1.10 bits per heavy atom. The third kappa shape index (κ3) is 6.49. The summed E-state index contributed by atoms with van der Waals surface area (Å²) >= 11 is 1.35. The van der Waals surface area contributed by atoms with Crippen molar-refractivity contribution in [3.8, 4) is 11.5 Å².